The second-order valence-corrected chi connectivity index (χ2v) is 6.94. The molecule has 1 unspecified atom stereocenters. The first kappa shape index (κ1) is 15.3. The number of hydrogen-bond acceptors (Lipinski definition) is 1. The van der Waals surface area contributed by atoms with Gasteiger partial charge in [0.2, 0.25) is 0 Å². The van der Waals surface area contributed by atoms with Gasteiger partial charge in [0, 0.05) is 15.2 Å². The zero-order valence-corrected chi connectivity index (χ0v) is 15.3. The molecule has 2 aromatic carbocycles. The quantitative estimate of drug-likeness (QED) is 0.390. The van der Waals surface area contributed by atoms with Crippen molar-refractivity contribution in [3.63, 3.8) is 0 Å². The van der Waals surface area contributed by atoms with Crippen LogP contribution in [0.2, 0.25) is 0 Å². The highest BCUT2D eigenvalue weighted by Crippen LogP contribution is 2.39. The molecule has 0 saturated heterocycles. The van der Waals surface area contributed by atoms with E-state index in [0.717, 1.165) is 14.7 Å². The Bertz CT molecular complexity index is 604. The number of methoxy groups -OCH3 is 1. The molecule has 0 N–H and O–H groups in total. The summed E-state index contributed by atoms with van der Waals surface area (Å²) in [5, 5.41) is 0. The van der Waals surface area contributed by atoms with Crippen LogP contribution < -0.4 is 4.74 Å². The molecule has 19 heavy (non-hydrogen) atoms. The molecule has 0 radical (unpaired) electrons. The van der Waals surface area contributed by atoms with Gasteiger partial charge in [0.1, 0.15) is 11.6 Å². The predicted molar refractivity (Wildman–Crippen MR) is 90.6 cm³/mol. The molecule has 1 nitrogen and oxygen atoms in total. The first-order valence-electron chi connectivity index (χ1n) is 5.45. The lowest BCUT2D eigenvalue weighted by atomic mass is 10.0. The zero-order chi connectivity index (χ0) is 14.0. The predicted octanol–water partition coefficient (Wildman–Crippen LogP) is 5.69. The van der Waals surface area contributed by atoms with Crippen molar-refractivity contribution in [2.45, 2.75) is 4.83 Å². The third kappa shape index (κ3) is 3.49. The minimum atomic E-state index is -0.331. The van der Waals surface area contributed by atoms with Crippen molar-refractivity contribution in [2.24, 2.45) is 0 Å². The fraction of sp³-hybridized carbons (Fsp3) is 0.143. The van der Waals surface area contributed by atoms with Gasteiger partial charge in [-0.3, -0.25) is 0 Å². The fourth-order valence-electron chi connectivity index (χ4n) is 1.76. The van der Waals surface area contributed by atoms with Gasteiger partial charge in [0.25, 0.3) is 0 Å². The number of hydrogen-bond donors (Lipinski definition) is 0. The molecule has 0 bridgehead atoms. The largest absolute Gasteiger partial charge is 0.496 e. The number of halogens is 4. The molecular weight excluding hydrogens is 490 g/mol. The molecular formula is C14H10Br2FIO. The van der Waals surface area contributed by atoms with Crippen molar-refractivity contribution in [1.29, 1.82) is 0 Å². The topological polar surface area (TPSA) is 9.23 Å². The average Bonchev–Trinajstić information content (AvgIpc) is 2.40. The molecule has 0 aromatic heterocycles. The maximum Gasteiger partial charge on any atom is 0.141 e. The number of rotatable bonds is 3. The second kappa shape index (κ2) is 6.54. The highest BCUT2D eigenvalue weighted by Gasteiger charge is 2.18. The lowest BCUT2D eigenvalue weighted by molar-refractivity contribution is 0.406. The summed E-state index contributed by atoms with van der Waals surface area (Å²) in [6, 6.07) is 11.3. The van der Waals surface area contributed by atoms with E-state index in [1.54, 1.807) is 13.2 Å². The van der Waals surface area contributed by atoms with Gasteiger partial charge in [-0.15, -0.1) is 0 Å². The molecule has 0 heterocycles. The van der Waals surface area contributed by atoms with Crippen molar-refractivity contribution in [2.75, 3.05) is 7.11 Å². The Labute approximate surface area is 141 Å². The summed E-state index contributed by atoms with van der Waals surface area (Å²) in [5.74, 6) is 0.198. The molecule has 2 aromatic rings. The summed E-state index contributed by atoms with van der Waals surface area (Å²) in [7, 11) is 1.54. The van der Waals surface area contributed by atoms with Gasteiger partial charge < -0.3 is 4.74 Å². The van der Waals surface area contributed by atoms with Crippen LogP contribution in [-0.2, 0) is 0 Å². The van der Waals surface area contributed by atoms with Crippen molar-refractivity contribution >= 4 is 54.5 Å². The van der Waals surface area contributed by atoms with Crippen LogP contribution >= 0.6 is 54.5 Å². The summed E-state index contributed by atoms with van der Waals surface area (Å²) in [5.41, 5.74) is 1.99. The van der Waals surface area contributed by atoms with E-state index in [9.17, 15) is 4.39 Å². The Morgan fingerprint density at radius 2 is 2.00 bits per heavy atom. The van der Waals surface area contributed by atoms with Crippen LogP contribution in [0.15, 0.2) is 40.9 Å². The van der Waals surface area contributed by atoms with Gasteiger partial charge in [-0.1, -0.05) is 28.1 Å². The van der Waals surface area contributed by atoms with Crippen LogP contribution in [0.4, 0.5) is 4.39 Å². The normalized spacial score (nSPS) is 12.3. The highest BCUT2D eigenvalue weighted by atomic mass is 127. The smallest absolute Gasteiger partial charge is 0.141 e. The minimum Gasteiger partial charge on any atom is -0.496 e. The summed E-state index contributed by atoms with van der Waals surface area (Å²) < 4.78 is 20.4. The van der Waals surface area contributed by atoms with Crippen molar-refractivity contribution in [1.82, 2.24) is 0 Å². The van der Waals surface area contributed by atoms with E-state index >= 15 is 0 Å². The van der Waals surface area contributed by atoms with Crippen LogP contribution in [0.1, 0.15) is 16.0 Å². The minimum absolute atomic E-state index is 0.0472. The third-order valence-electron chi connectivity index (χ3n) is 2.69. The molecule has 0 fully saturated rings. The van der Waals surface area contributed by atoms with Crippen molar-refractivity contribution in [3.05, 3.63) is 61.4 Å². The Hall–Kier alpha value is -0.140. The lowest BCUT2D eigenvalue weighted by Crippen LogP contribution is -1.99. The SMILES string of the molecule is COc1cc(F)c(Br)cc1C(Br)c1cccc(I)c1. The Morgan fingerprint density at radius 1 is 1.26 bits per heavy atom. The van der Waals surface area contributed by atoms with Gasteiger partial charge >= 0.3 is 0 Å². The maximum absolute atomic E-state index is 13.5. The summed E-state index contributed by atoms with van der Waals surface area (Å²) >= 11 is 9.13. The Balaban J connectivity index is 2.49. The van der Waals surface area contributed by atoms with Crippen molar-refractivity contribution < 1.29 is 9.13 Å². The monoisotopic (exact) mass is 498 g/mol. The first-order chi connectivity index (χ1) is 9.02. The average molecular weight is 500 g/mol. The van der Waals surface area contributed by atoms with E-state index in [2.05, 4.69) is 60.5 Å². The van der Waals surface area contributed by atoms with Gasteiger partial charge in [-0.2, -0.15) is 0 Å². The molecule has 5 heteroatoms. The van der Waals surface area contributed by atoms with E-state index < -0.39 is 0 Å². The Morgan fingerprint density at radius 3 is 2.63 bits per heavy atom. The zero-order valence-electron chi connectivity index (χ0n) is 9.96. The molecule has 0 aliphatic rings. The molecule has 0 aliphatic carbocycles. The van der Waals surface area contributed by atoms with Crippen LogP contribution in [0.5, 0.6) is 5.75 Å². The van der Waals surface area contributed by atoms with Crippen LogP contribution in [-0.4, -0.2) is 7.11 Å². The van der Waals surface area contributed by atoms with Gasteiger partial charge in [0.15, 0.2) is 0 Å². The standard InChI is InChI=1S/C14H10Br2FIO/c1-19-13-7-12(17)11(15)6-10(13)14(16)8-3-2-4-9(18)5-8/h2-7,14H,1H3. The molecule has 0 saturated carbocycles. The van der Waals surface area contributed by atoms with E-state index in [-0.39, 0.29) is 10.6 Å². The van der Waals surface area contributed by atoms with E-state index in [0.29, 0.717) is 10.2 Å². The van der Waals surface area contributed by atoms with E-state index in [1.165, 1.54) is 6.07 Å². The van der Waals surface area contributed by atoms with Gasteiger partial charge in [0.05, 0.1) is 16.4 Å². The van der Waals surface area contributed by atoms with E-state index in [1.807, 2.05) is 18.2 Å². The maximum atomic E-state index is 13.5. The van der Waals surface area contributed by atoms with Gasteiger partial charge in [-0.05, 0) is 62.3 Å². The second-order valence-electron chi connectivity index (χ2n) is 3.93. The van der Waals surface area contributed by atoms with Crippen LogP contribution in [0, 0.1) is 9.39 Å². The number of ether oxygens (including phenoxy) is 1. The molecule has 1 atom stereocenters. The summed E-state index contributed by atoms with van der Waals surface area (Å²) in [6.45, 7) is 0. The first-order valence-corrected chi connectivity index (χ1v) is 8.24. The lowest BCUT2D eigenvalue weighted by Gasteiger charge is -2.16. The van der Waals surface area contributed by atoms with Crippen LogP contribution in [0.3, 0.4) is 0 Å². The molecule has 0 spiro atoms. The van der Waals surface area contributed by atoms with Crippen molar-refractivity contribution in [3.8, 4) is 5.75 Å². The molecule has 0 amide bonds. The summed E-state index contributed by atoms with van der Waals surface area (Å²) in [4.78, 5) is -0.0472. The fourth-order valence-corrected chi connectivity index (χ4v) is 3.33. The highest BCUT2D eigenvalue weighted by molar-refractivity contribution is 14.1. The summed E-state index contributed by atoms with van der Waals surface area (Å²) in [6.07, 6.45) is 0. The number of benzene rings is 2. The van der Waals surface area contributed by atoms with E-state index in [4.69, 9.17) is 4.74 Å². The number of alkyl halides is 1. The third-order valence-corrected chi connectivity index (χ3v) is 4.99. The molecule has 2 rings (SSSR count). The van der Waals surface area contributed by atoms with Gasteiger partial charge in [-0.25, -0.2) is 4.39 Å². The molecule has 0 aliphatic heterocycles. The Kier molecular flexibility index (Phi) is 5.25. The van der Waals surface area contributed by atoms with Crippen LogP contribution in [0.25, 0.3) is 0 Å². The molecule has 100 valence electrons.